The van der Waals surface area contributed by atoms with Gasteiger partial charge in [0.1, 0.15) is 0 Å². The lowest BCUT2D eigenvalue weighted by Crippen LogP contribution is -2.44. The van der Waals surface area contributed by atoms with Gasteiger partial charge in [0.2, 0.25) is 0 Å². The van der Waals surface area contributed by atoms with E-state index in [-0.39, 0.29) is 18.5 Å². The number of carboxylic acids is 1. The zero-order chi connectivity index (χ0) is 15.0. The monoisotopic (exact) mass is 286 g/mol. The van der Waals surface area contributed by atoms with Crippen LogP contribution < -0.4 is 5.32 Å². The summed E-state index contributed by atoms with van der Waals surface area (Å²) in [5.74, 6) is -0.276. The molecule has 1 rings (SSSR count). The highest BCUT2D eigenvalue weighted by atomic mass is 16.5. The maximum Gasteiger partial charge on any atom is 0.317 e. The van der Waals surface area contributed by atoms with E-state index in [1.807, 2.05) is 6.92 Å². The molecule has 1 atom stereocenters. The van der Waals surface area contributed by atoms with Gasteiger partial charge in [-0.3, -0.25) is 4.79 Å². The average Bonchev–Trinajstić information content (AvgIpc) is 2.39. The van der Waals surface area contributed by atoms with Gasteiger partial charge in [0, 0.05) is 39.3 Å². The van der Waals surface area contributed by atoms with E-state index in [1.54, 1.807) is 11.9 Å². The second kappa shape index (κ2) is 8.79. The van der Waals surface area contributed by atoms with Crippen molar-refractivity contribution in [1.29, 1.82) is 0 Å². The van der Waals surface area contributed by atoms with E-state index in [2.05, 4.69) is 5.32 Å². The highest BCUT2D eigenvalue weighted by molar-refractivity contribution is 5.74. The predicted molar refractivity (Wildman–Crippen MR) is 75.7 cm³/mol. The van der Waals surface area contributed by atoms with Crippen LogP contribution in [0.5, 0.6) is 0 Å². The van der Waals surface area contributed by atoms with Gasteiger partial charge in [-0.05, 0) is 38.5 Å². The predicted octanol–water partition coefficient (Wildman–Crippen LogP) is 1.70. The second-order valence-corrected chi connectivity index (χ2v) is 5.57. The van der Waals surface area contributed by atoms with Crippen LogP contribution >= 0.6 is 0 Å². The Morgan fingerprint density at radius 3 is 2.65 bits per heavy atom. The molecule has 1 aliphatic rings. The Balaban J connectivity index is 2.20. The number of nitrogens with zero attached hydrogens (tertiary/aromatic N) is 1. The molecule has 0 aliphatic carbocycles. The molecule has 0 spiro atoms. The van der Waals surface area contributed by atoms with Crippen molar-refractivity contribution >= 4 is 12.0 Å². The standard InChI is InChI=1S/C14H26N2O4/c1-11(4-3-5-13(17)18)15-14(19)16(2)10-12-6-8-20-9-7-12/h11-12H,3-10H2,1-2H3,(H,15,19)(H,17,18). The molecular weight excluding hydrogens is 260 g/mol. The first-order chi connectivity index (χ1) is 9.49. The number of rotatable bonds is 7. The van der Waals surface area contributed by atoms with Crippen LogP contribution in [0, 0.1) is 5.92 Å². The molecule has 1 saturated heterocycles. The Bertz CT molecular complexity index is 316. The lowest BCUT2D eigenvalue weighted by molar-refractivity contribution is -0.137. The van der Waals surface area contributed by atoms with E-state index in [1.165, 1.54) is 0 Å². The Morgan fingerprint density at radius 2 is 2.05 bits per heavy atom. The zero-order valence-electron chi connectivity index (χ0n) is 12.4. The van der Waals surface area contributed by atoms with Gasteiger partial charge in [0.25, 0.3) is 0 Å². The summed E-state index contributed by atoms with van der Waals surface area (Å²) in [7, 11) is 1.80. The summed E-state index contributed by atoms with van der Waals surface area (Å²) >= 11 is 0. The fourth-order valence-electron chi connectivity index (χ4n) is 2.35. The lowest BCUT2D eigenvalue weighted by Gasteiger charge is -2.28. The van der Waals surface area contributed by atoms with Crippen molar-refractivity contribution < 1.29 is 19.4 Å². The maximum absolute atomic E-state index is 12.0. The Hall–Kier alpha value is -1.30. The number of ether oxygens (including phenoxy) is 1. The Kier molecular flexibility index (Phi) is 7.36. The normalized spacial score (nSPS) is 17.5. The largest absolute Gasteiger partial charge is 0.481 e. The number of hydrogen-bond acceptors (Lipinski definition) is 3. The van der Waals surface area contributed by atoms with Crippen LogP contribution in [0.25, 0.3) is 0 Å². The summed E-state index contributed by atoms with van der Waals surface area (Å²) in [4.78, 5) is 24.1. The van der Waals surface area contributed by atoms with E-state index in [4.69, 9.17) is 9.84 Å². The summed E-state index contributed by atoms with van der Waals surface area (Å²) in [5.41, 5.74) is 0. The zero-order valence-corrected chi connectivity index (χ0v) is 12.4. The van der Waals surface area contributed by atoms with Gasteiger partial charge in [0.15, 0.2) is 0 Å². The van der Waals surface area contributed by atoms with Crippen LogP contribution in [-0.2, 0) is 9.53 Å². The molecule has 6 nitrogen and oxygen atoms in total. The van der Waals surface area contributed by atoms with Gasteiger partial charge < -0.3 is 20.1 Å². The topological polar surface area (TPSA) is 78.9 Å². The maximum atomic E-state index is 12.0. The SMILES string of the molecule is CC(CCCC(=O)O)NC(=O)N(C)CC1CCOCC1. The van der Waals surface area contributed by atoms with Crippen molar-refractivity contribution in [1.82, 2.24) is 10.2 Å². The summed E-state index contributed by atoms with van der Waals surface area (Å²) in [6, 6.07) is -0.0849. The van der Waals surface area contributed by atoms with Gasteiger partial charge >= 0.3 is 12.0 Å². The number of nitrogens with one attached hydrogen (secondary N) is 1. The van der Waals surface area contributed by atoms with Gasteiger partial charge in [-0.2, -0.15) is 0 Å². The van der Waals surface area contributed by atoms with Crippen molar-refractivity contribution in [2.24, 2.45) is 5.92 Å². The van der Waals surface area contributed by atoms with Gasteiger partial charge in [-0.1, -0.05) is 0 Å². The molecule has 0 radical (unpaired) electrons. The van der Waals surface area contributed by atoms with Crippen molar-refractivity contribution in [2.75, 3.05) is 26.8 Å². The highest BCUT2D eigenvalue weighted by Crippen LogP contribution is 2.15. The summed E-state index contributed by atoms with van der Waals surface area (Å²) in [5, 5.41) is 11.5. The molecule has 1 heterocycles. The van der Waals surface area contributed by atoms with Crippen molar-refractivity contribution in [2.45, 2.75) is 45.1 Å². The van der Waals surface area contributed by atoms with E-state index in [0.29, 0.717) is 18.8 Å². The van der Waals surface area contributed by atoms with Crippen molar-refractivity contribution in [3.8, 4) is 0 Å². The third-order valence-corrected chi connectivity index (χ3v) is 3.62. The van der Waals surface area contributed by atoms with Crippen LogP contribution in [0.4, 0.5) is 4.79 Å². The van der Waals surface area contributed by atoms with Crippen molar-refractivity contribution in [3.05, 3.63) is 0 Å². The quantitative estimate of drug-likeness (QED) is 0.746. The molecule has 6 heteroatoms. The molecule has 0 aromatic rings. The molecule has 0 bridgehead atoms. The molecule has 0 aromatic heterocycles. The number of carbonyl (C=O) groups excluding carboxylic acids is 1. The molecule has 0 saturated carbocycles. The van der Waals surface area contributed by atoms with Gasteiger partial charge in [-0.25, -0.2) is 4.79 Å². The van der Waals surface area contributed by atoms with Crippen molar-refractivity contribution in [3.63, 3.8) is 0 Å². The molecule has 1 fully saturated rings. The molecule has 2 N–H and O–H groups in total. The minimum absolute atomic E-state index is 0.000936. The first kappa shape index (κ1) is 16.8. The third-order valence-electron chi connectivity index (χ3n) is 3.62. The Labute approximate surface area is 120 Å². The Morgan fingerprint density at radius 1 is 1.40 bits per heavy atom. The minimum Gasteiger partial charge on any atom is -0.481 e. The van der Waals surface area contributed by atoms with Crippen LogP contribution in [0.1, 0.15) is 39.0 Å². The summed E-state index contributed by atoms with van der Waals surface area (Å²) in [6.45, 7) is 4.22. The molecular formula is C14H26N2O4. The van der Waals surface area contributed by atoms with Gasteiger partial charge in [-0.15, -0.1) is 0 Å². The fraction of sp³-hybridized carbons (Fsp3) is 0.857. The minimum atomic E-state index is -0.792. The van der Waals surface area contributed by atoms with E-state index in [0.717, 1.165) is 32.6 Å². The number of hydrogen-bond donors (Lipinski definition) is 2. The number of aliphatic carboxylic acids is 1. The first-order valence-electron chi connectivity index (χ1n) is 7.30. The fourth-order valence-corrected chi connectivity index (χ4v) is 2.35. The molecule has 116 valence electrons. The first-order valence-corrected chi connectivity index (χ1v) is 7.30. The van der Waals surface area contributed by atoms with E-state index >= 15 is 0 Å². The summed E-state index contributed by atoms with van der Waals surface area (Å²) < 4.78 is 5.30. The number of carbonyl (C=O) groups is 2. The smallest absolute Gasteiger partial charge is 0.317 e. The lowest BCUT2D eigenvalue weighted by atomic mass is 10.00. The third kappa shape index (κ3) is 6.75. The summed E-state index contributed by atoms with van der Waals surface area (Å²) in [6.07, 6.45) is 3.43. The van der Waals surface area contributed by atoms with Crippen LogP contribution in [0.3, 0.4) is 0 Å². The number of carboxylic acid groups (broad SMARTS) is 1. The number of amides is 2. The molecule has 20 heavy (non-hydrogen) atoms. The van der Waals surface area contributed by atoms with Crippen LogP contribution in [0.15, 0.2) is 0 Å². The van der Waals surface area contributed by atoms with E-state index < -0.39 is 5.97 Å². The van der Waals surface area contributed by atoms with Gasteiger partial charge in [0.05, 0.1) is 0 Å². The molecule has 1 unspecified atom stereocenters. The highest BCUT2D eigenvalue weighted by Gasteiger charge is 2.19. The number of urea groups is 1. The molecule has 1 aliphatic heterocycles. The molecule has 0 aromatic carbocycles. The van der Waals surface area contributed by atoms with Crippen LogP contribution in [0.2, 0.25) is 0 Å². The van der Waals surface area contributed by atoms with Crippen LogP contribution in [-0.4, -0.2) is 54.9 Å². The molecule has 2 amide bonds. The average molecular weight is 286 g/mol. The van der Waals surface area contributed by atoms with E-state index in [9.17, 15) is 9.59 Å². The second-order valence-electron chi connectivity index (χ2n) is 5.57.